The van der Waals surface area contributed by atoms with Crippen LogP contribution < -0.4 is 11.1 Å². The molecule has 19 heavy (non-hydrogen) atoms. The summed E-state index contributed by atoms with van der Waals surface area (Å²) in [6.45, 7) is 0. The number of nitrogens with one attached hydrogen (secondary N) is 1. The molecule has 1 aromatic carbocycles. The maximum Gasteiger partial charge on any atom is 0.259 e. The van der Waals surface area contributed by atoms with Gasteiger partial charge in [-0.15, -0.1) is 0 Å². The Kier molecular flexibility index (Phi) is 3.93. The Morgan fingerprint density at radius 3 is 2.68 bits per heavy atom. The Hall–Kier alpha value is -1.77. The van der Waals surface area contributed by atoms with Gasteiger partial charge in [-0.3, -0.25) is 4.79 Å². The van der Waals surface area contributed by atoms with Crippen molar-refractivity contribution in [1.82, 2.24) is 4.98 Å². The maximum atomic E-state index is 13.0. The lowest BCUT2D eigenvalue weighted by molar-refractivity contribution is 0.102. The quantitative estimate of drug-likeness (QED) is 0.794. The Morgan fingerprint density at radius 1 is 1.26 bits per heavy atom. The van der Waals surface area contributed by atoms with Gasteiger partial charge in [0.1, 0.15) is 17.5 Å². The van der Waals surface area contributed by atoms with E-state index < -0.39 is 17.5 Å². The van der Waals surface area contributed by atoms with Crippen LogP contribution in [0.3, 0.4) is 0 Å². The summed E-state index contributed by atoms with van der Waals surface area (Å²) in [6, 6.07) is 4.89. The highest BCUT2D eigenvalue weighted by Gasteiger charge is 2.13. The summed E-state index contributed by atoms with van der Waals surface area (Å²) in [5, 5.41) is 2.52. The van der Waals surface area contributed by atoms with Crippen molar-refractivity contribution >= 4 is 40.0 Å². The van der Waals surface area contributed by atoms with Crippen molar-refractivity contribution in [2.45, 2.75) is 0 Å². The van der Waals surface area contributed by atoms with Gasteiger partial charge in [0.15, 0.2) is 0 Å². The molecule has 0 atom stereocenters. The molecule has 0 aliphatic heterocycles. The number of nitrogens with zero attached hydrogens (tertiary/aromatic N) is 1. The summed E-state index contributed by atoms with van der Waals surface area (Å²) in [6.07, 6.45) is 0.924. The summed E-state index contributed by atoms with van der Waals surface area (Å²) in [5.74, 6) is -1.74. The van der Waals surface area contributed by atoms with Gasteiger partial charge < -0.3 is 11.1 Å². The van der Waals surface area contributed by atoms with E-state index in [1.807, 2.05) is 22.6 Å². The first-order valence-corrected chi connectivity index (χ1v) is 6.22. The van der Waals surface area contributed by atoms with Gasteiger partial charge in [0, 0.05) is 3.57 Å². The van der Waals surface area contributed by atoms with Crippen LogP contribution in [-0.4, -0.2) is 10.9 Å². The number of halogens is 3. The standard InChI is InChI=1S/C12H8F2IN3O/c13-6-1-2-10(9(15)4-6)18-12(19)8-3-7(14)5-17-11(8)16/h1-5H,(H2,16,17)(H,18,19). The topological polar surface area (TPSA) is 68.0 Å². The minimum Gasteiger partial charge on any atom is -0.383 e. The van der Waals surface area contributed by atoms with Crippen molar-refractivity contribution in [2.75, 3.05) is 11.1 Å². The van der Waals surface area contributed by atoms with Crippen molar-refractivity contribution in [2.24, 2.45) is 0 Å². The molecular weight excluding hydrogens is 367 g/mol. The van der Waals surface area contributed by atoms with Crippen LogP contribution in [0, 0.1) is 15.2 Å². The van der Waals surface area contributed by atoms with Gasteiger partial charge in [-0.25, -0.2) is 13.8 Å². The summed E-state index contributed by atoms with van der Waals surface area (Å²) < 4.78 is 26.5. The highest BCUT2D eigenvalue weighted by Crippen LogP contribution is 2.20. The van der Waals surface area contributed by atoms with Crippen LogP contribution in [0.15, 0.2) is 30.5 Å². The van der Waals surface area contributed by atoms with Crippen molar-refractivity contribution in [3.63, 3.8) is 0 Å². The first-order chi connectivity index (χ1) is 8.97. The number of carbonyl (C=O) groups excluding carboxylic acids is 1. The summed E-state index contributed by atoms with van der Waals surface area (Å²) >= 11 is 1.88. The molecule has 1 aromatic heterocycles. The zero-order valence-corrected chi connectivity index (χ0v) is 11.6. The molecule has 0 aliphatic carbocycles. The molecule has 4 nitrogen and oxygen atoms in total. The zero-order chi connectivity index (χ0) is 14.0. The van der Waals surface area contributed by atoms with Crippen molar-refractivity contribution in [3.8, 4) is 0 Å². The van der Waals surface area contributed by atoms with E-state index in [0.29, 0.717) is 9.26 Å². The molecule has 2 rings (SSSR count). The van der Waals surface area contributed by atoms with Gasteiger partial charge in [0.2, 0.25) is 0 Å². The van der Waals surface area contributed by atoms with Crippen molar-refractivity contribution < 1.29 is 13.6 Å². The van der Waals surface area contributed by atoms with E-state index in [2.05, 4.69) is 10.3 Å². The number of hydrogen-bond acceptors (Lipinski definition) is 3. The fourth-order valence-corrected chi connectivity index (χ4v) is 2.02. The van der Waals surface area contributed by atoms with Crippen LogP contribution in [0.4, 0.5) is 20.3 Å². The lowest BCUT2D eigenvalue weighted by Crippen LogP contribution is -2.16. The van der Waals surface area contributed by atoms with Crippen LogP contribution in [0.5, 0.6) is 0 Å². The third kappa shape index (κ3) is 3.16. The number of pyridine rings is 1. The Morgan fingerprint density at radius 2 is 2.00 bits per heavy atom. The van der Waals surface area contributed by atoms with Crippen LogP contribution in [0.1, 0.15) is 10.4 Å². The molecule has 0 bridgehead atoms. The Bertz CT molecular complexity index is 649. The summed E-state index contributed by atoms with van der Waals surface area (Å²) in [4.78, 5) is 15.5. The monoisotopic (exact) mass is 375 g/mol. The largest absolute Gasteiger partial charge is 0.383 e. The predicted molar refractivity (Wildman–Crippen MR) is 75.7 cm³/mol. The molecule has 0 saturated carbocycles. The fraction of sp³-hybridized carbons (Fsp3) is 0. The molecule has 0 unspecified atom stereocenters. The normalized spacial score (nSPS) is 10.3. The van der Waals surface area contributed by atoms with Crippen molar-refractivity contribution in [3.05, 3.63) is 51.2 Å². The molecule has 0 spiro atoms. The molecular formula is C12H8F2IN3O. The Labute approximate surface area is 121 Å². The van der Waals surface area contributed by atoms with Gasteiger partial charge in [-0.1, -0.05) is 0 Å². The van der Waals surface area contributed by atoms with Crippen LogP contribution in [0.25, 0.3) is 0 Å². The predicted octanol–water partition coefficient (Wildman–Crippen LogP) is 2.80. The number of carbonyl (C=O) groups is 1. The van der Waals surface area contributed by atoms with Gasteiger partial charge in [0.25, 0.3) is 5.91 Å². The smallest absolute Gasteiger partial charge is 0.259 e. The second-order valence-electron chi connectivity index (χ2n) is 3.66. The number of nitrogen functional groups attached to an aromatic ring is 1. The molecule has 0 saturated heterocycles. The average molecular weight is 375 g/mol. The van der Waals surface area contributed by atoms with Crippen LogP contribution >= 0.6 is 22.6 Å². The third-order valence-corrected chi connectivity index (χ3v) is 3.20. The van der Waals surface area contributed by atoms with Crippen molar-refractivity contribution in [1.29, 1.82) is 0 Å². The lowest BCUT2D eigenvalue weighted by atomic mass is 10.2. The molecule has 0 radical (unpaired) electrons. The van der Waals surface area contributed by atoms with E-state index in [-0.39, 0.29) is 11.4 Å². The highest BCUT2D eigenvalue weighted by molar-refractivity contribution is 14.1. The second-order valence-corrected chi connectivity index (χ2v) is 4.83. The van der Waals surface area contributed by atoms with Gasteiger partial charge in [0.05, 0.1) is 17.4 Å². The molecule has 2 aromatic rings. The first-order valence-electron chi connectivity index (χ1n) is 5.15. The maximum absolute atomic E-state index is 13.0. The van der Waals surface area contributed by atoms with E-state index in [4.69, 9.17) is 5.73 Å². The molecule has 0 aliphatic rings. The van der Waals surface area contributed by atoms with E-state index in [9.17, 15) is 13.6 Å². The number of amides is 1. The van der Waals surface area contributed by atoms with E-state index in [0.717, 1.165) is 12.3 Å². The van der Waals surface area contributed by atoms with Crippen LogP contribution in [-0.2, 0) is 0 Å². The number of nitrogens with two attached hydrogens (primary N) is 1. The molecule has 3 N–H and O–H groups in total. The van der Waals surface area contributed by atoms with Gasteiger partial charge in [-0.05, 0) is 46.9 Å². The molecule has 1 heterocycles. The number of benzene rings is 1. The molecule has 1 amide bonds. The average Bonchev–Trinajstić information content (AvgIpc) is 2.35. The second kappa shape index (κ2) is 5.47. The van der Waals surface area contributed by atoms with E-state index in [1.165, 1.54) is 18.2 Å². The summed E-state index contributed by atoms with van der Waals surface area (Å²) in [7, 11) is 0. The zero-order valence-electron chi connectivity index (χ0n) is 9.45. The number of anilines is 2. The molecule has 0 fully saturated rings. The van der Waals surface area contributed by atoms with E-state index in [1.54, 1.807) is 0 Å². The summed E-state index contributed by atoms with van der Waals surface area (Å²) in [5.41, 5.74) is 5.85. The lowest BCUT2D eigenvalue weighted by Gasteiger charge is -2.08. The van der Waals surface area contributed by atoms with Crippen LogP contribution in [0.2, 0.25) is 0 Å². The minimum absolute atomic E-state index is 0.0693. The SMILES string of the molecule is Nc1ncc(F)cc1C(=O)Nc1ccc(F)cc1I. The number of hydrogen-bond donors (Lipinski definition) is 2. The third-order valence-electron chi connectivity index (χ3n) is 2.31. The minimum atomic E-state index is -0.659. The Balaban J connectivity index is 2.28. The number of rotatable bonds is 2. The fourth-order valence-electron chi connectivity index (χ4n) is 1.41. The highest BCUT2D eigenvalue weighted by atomic mass is 127. The van der Waals surface area contributed by atoms with Gasteiger partial charge >= 0.3 is 0 Å². The van der Waals surface area contributed by atoms with Gasteiger partial charge in [-0.2, -0.15) is 0 Å². The number of aromatic nitrogens is 1. The molecule has 7 heteroatoms. The van der Waals surface area contributed by atoms with E-state index >= 15 is 0 Å². The molecule has 98 valence electrons. The first kappa shape index (κ1) is 13.7.